The Labute approximate surface area is 178 Å². The van der Waals surface area contributed by atoms with Gasteiger partial charge in [0.05, 0.1) is 38.1 Å². The van der Waals surface area contributed by atoms with Gasteiger partial charge in [-0.15, -0.1) is 11.3 Å². The molecule has 1 fully saturated rings. The Balaban J connectivity index is 1.22. The van der Waals surface area contributed by atoms with Gasteiger partial charge in [0.25, 0.3) is 0 Å². The molecule has 2 atom stereocenters. The highest BCUT2D eigenvalue weighted by molar-refractivity contribution is 7.13. The molecule has 1 aromatic carbocycles. The zero-order valence-electron chi connectivity index (χ0n) is 16.7. The van der Waals surface area contributed by atoms with Crippen molar-refractivity contribution in [3.63, 3.8) is 0 Å². The number of benzene rings is 1. The first-order valence-corrected chi connectivity index (χ1v) is 10.7. The fraction of sp³-hybridized carbons (Fsp3) is 0.381. The highest BCUT2D eigenvalue weighted by atomic mass is 32.1. The van der Waals surface area contributed by atoms with E-state index >= 15 is 0 Å². The monoisotopic (exact) mass is 428 g/mol. The normalized spacial score (nSPS) is 18.8. The van der Waals surface area contributed by atoms with Crippen LogP contribution in [0, 0.1) is 0 Å². The van der Waals surface area contributed by atoms with Crippen molar-refractivity contribution < 1.29 is 19.0 Å². The van der Waals surface area contributed by atoms with Crippen LogP contribution in [-0.4, -0.2) is 54.9 Å². The molecular formula is C21H24N4O4S. The minimum absolute atomic E-state index is 0.0148. The summed E-state index contributed by atoms with van der Waals surface area (Å²) in [7, 11) is 1.62. The number of pyridine rings is 1. The maximum absolute atomic E-state index is 11.9. The van der Waals surface area contributed by atoms with Crippen molar-refractivity contribution in [2.45, 2.75) is 25.0 Å². The minimum atomic E-state index is -0.101. The smallest absolute Gasteiger partial charge is 0.240 e. The molecule has 3 aromatic rings. The zero-order chi connectivity index (χ0) is 20.8. The molecular weight excluding hydrogens is 404 g/mol. The number of rotatable bonds is 8. The quantitative estimate of drug-likeness (QED) is 0.570. The average Bonchev–Trinajstić information content (AvgIpc) is 3.29. The van der Waals surface area contributed by atoms with Crippen LogP contribution in [0.4, 0.5) is 5.13 Å². The standard InChI is InChI=1S/C21H24N4O4S/c1-27-16-9-17-18(24-10-16)3-2-4-19(17)29-13-15-6-5-14(12-28-15)23-11-20(26)25-21-22-7-8-30-21/h2-4,7-10,14-15,23H,5-6,11-13H2,1H3,(H,22,25,26)/t14-,15+/m1/s1. The summed E-state index contributed by atoms with van der Waals surface area (Å²) in [6.07, 6.45) is 5.15. The number of carbonyl (C=O) groups excluding carboxylic acids is 1. The lowest BCUT2D eigenvalue weighted by Gasteiger charge is -2.29. The SMILES string of the molecule is COc1cnc2cccc(OC[C@@H]3CC[C@@H](NCC(=O)Nc4nccs4)CO3)c2c1. The molecule has 1 saturated heterocycles. The second-order valence-electron chi connectivity index (χ2n) is 7.00. The summed E-state index contributed by atoms with van der Waals surface area (Å²) < 4.78 is 17.2. The summed E-state index contributed by atoms with van der Waals surface area (Å²) in [6, 6.07) is 7.87. The number of nitrogens with zero attached hydrogens (tertiary/aromatic N) is 2. The molecule has 158 valence electrons. The first kappa shape index (κ1) is 20.5. The predicted octanol–water partition coefficient (Wildman–Crippen LogP) is 2.85. The van der Waals surface area contributed by atoms with Crippen LogP contribution in [0.3, 0.4) is 0 Å². The van der Waals surface area contributed by atoms with E-state index in [0.717, 1.165) is 29.5 Å². The number of anilines is 1. The van der Waals surface area contributed by atoms with E-state index in [1.165, 1.54) is 11.3 Å². The molecule has 8 nitrogen and oxygen atoms in total. The summed E-state index contributed by atoms with van der Waals surface area (Å²) in [5.74, 6) is 1.36. The van der Waals surface area contributed by atoms with E-state index in [1.54, 1.807) is 19.5 Å². The van der Waals surface area contributed by atoms with Gasteiger partial charge in [-0.25, -0.2) is 4.98 Å². The van der Waals surface area contributed by atoms with Crippen LogP contribution in [0.25, 0.3) is 10.9 Å². The molecule has 0 radical (unpaired) electrons. The van der Waals surface area contributed by atoms with E-state index in [-0.39, 0.29) is 24.6 Å². The number of hydrogen-bond acceptors (Lipinski definition) is 8. The molecule has 2 N–H and O–H groups in total. The lowest BCUT2D eigenvalue weighted by molar-refractivity contribution is -0.115. The van der Waals surface area contributed by atoms with Gasteiger partial charge < -0.3 is 24.8 Å². The second-order valence-corrected chi connectivity index (χ2v) is 7.90. The number of methoxy groups -OCH3 is 1. The maximum atomic E-state index is 11.9. The second kappa shape index (κ2) is 9.84. The van der Waals surface area contributed by atoms with Gasteiger partial charge in [0.1, 0.15) is 18.1 Å². The fourth-order valence-corrected chi connectivity index (χ4v) is 3.85. The summed E-state index contributed by atoms with van der Waals surface area (Å²) in [6.45, 7) is 1.25. The molecule has 4 rings (SSSR count). The van der Waals surface area contributed by atoms with Crippen molar-refractivity contribution in [2.24, 2.45) is 0 Å². The molecule has 0 saturated carbocycles. The number of hydrogen-bond donors (Lipinski definition) is 2. The molecule has 1 amide bonds. The molecule has 2 aromatic heterocycles. The van der Waals surface area contributed by atoms with E-state index in [2.05, 4.69) is 20.6 Å². The van der Waals surface area contributed by atoms with Crippen LogP contribution in [0.1, 0.15) is 12.8 Å². The van der Waals surface area contributed by atoms with Crippen molar-refractivity contribution in [3.05, 3.63) is 42.0 Å². The van der Waals surface area contributed by atoms with Crippen molar-refractivity contribution in [1.82, 2.24) is 15.3 Å². The van der Waals surface area contributed by atoms with Crippen LogP contribution in [-0.2, 0) is 9.53 Å². The first-order chi connectivity index (χ1) is 14.7. The average molecular weight is 429 g/mol. The van der Waals surface area contributed by atoms with Crippen LogP contribution in [0.15, 0.2) is 42.0 Å². The Kier molecular flexibility index (Phi) is 6.73. The predicted molar refractivity (Wildman–Crippen MR) is 115 cm³/mol. The number of carbonyl (C=O) groups is 1. The van der Waals surface area contributed by atoms with E-state index in [0.29, 0.717) is 24.1 Å². The van der Waals surface area contributed by atoms with Gasteiger partial charge in [0, 0.05) is 23.0 Å². The van der Waals surface area contributed by atoms with Gasteiger partial charge in [0.2, 0.25) is 5.91 Å². The molecule has 0 unspecified atom stereocenters. The van der Waals surface area contributed by atoms with Crippen molar-refractivity contribution >= 4 is 33.3 Å². The van der Waals surface area contributed by atoms with Gasteiger partial charge in [-0.1, -0.05) is 6.07 Å². The highest BCUT2D eigenvalue weighted by Crippen LogP contribution is 2.28. The molecule has 9 heteroatoms. The molecule has 3 heterocycles. The molecule has 30 heavy (non-hydrogen) atoms. The summed E-state index contributed by atoms with van der Waals surface area (Å²) in [4.78, 5) is 20.4. The third kappa shape index (κ3) is 5.24. The number of ether oxygens (including phenoxy) is 3. The highest BCUT2D eigenvalue weighted by Gasteiger charge is 2.23. The van der Waals surface area contributed by atoms with Gasteiger partial charge in [0.15, 0.2) is 5.13 Å². The van der Waals surface area contributed by atoms with E-state index in [9.17, 15) is 4.79 Å². The van der Waals surface area contributed by atoms with Gasteiger partial charge in [-0.2, -0.15) is 0 Å². The van der Waals surface area contributed by atoms with Crippen LogP contribution >= 0.6 is 11.3 Å². The van der Waals surface area contributed by atoms with E-state index in [4.69, 9.17) is 14.2 Å². The first-order valence-electron chi connectivity index (χ1n) is 9.81. The van der Waals surface area contributed by atoms with E-state index in [1.807, 2.05) is 29.6 Å². The van der Waals surface area contributed by atoms with Crippen molar-refractivity contribution in [2.75, 3.05) is 32.2 Å². The number of thiazole rings is 1. The molecule has 1 aliphatic rings. The van der Waals surface area contributed by atoms with Crippen molar-refractivity contribution in [1.29, 1.82) is 0 Å². The Morgan fingerprint density at radius 3 is 3.03 bits per heavy atom. The third-order valence-corrected chi connectivity index (χ3v) is 5.61. The lowest BCUT2D eigenvalue weighted by Crippen LogP contribution is -2.44. The largest absolute Gasteiger partial charge is 0.495 e. The zero-order valence-corrected chi connectivity index (χ0v) is 17.5. The number of aromatic nitrogens is 2. The van der Waals surface area contributed by atoms with E-state index < -0.39 is 0 Å². The summed E-state index contributed by atoms with van der Waals surface area (Å²) >= 11 is 1.40. The Bertz CT molecular complexity index is 974. The Morgan fingerprint density at radius 2 is 2.27 bits per heavy atom. The molecule has 1 aliphatic heterocycles. The lowest BCUT2D eigenvalue weighted by atomic mass is 10.1. The number of amides is 1. The minimum Gasteiger partial charge on any atom is -0.495 e. The van der Waals surface area contributed by atoms with Crippen LogP contribution in [0.5, 0.6) is 11.5 Å². The summed E-state index contributed by atoms with van der Waals surface area (Å²) in [5.41, 5.74) is 0.859. The number of nitrogens with one attached hydrogen (secondary N) is 2. The van der Waals surface area contributed by atoms with Crippen molar-refractivity contribution in [3.8, 4) is 11.5 Å². The summed E-state index contributed by atoms with van der Waals surface area (Å²) in [5, 5.41) is 9.36. The Morgan fingerprint density at radius 1 is 1.33 bits per heavy atom. The van der Waals surface area contributed by atoms with Gasteiger partial charge in [-0.3, -0.25) is 9.78 Å². The van der Waals surface area contributed by atoms with Crippen LogP contribution < -0.4 is 20.1 Å². The van der Waals surface area contributed by atoms with Gasteiger partial charge >= 0.3 is 0 Å². The Hall–Kier alpha value is -2.75. The molecule has 0 spiro atoms. The van der Waals surface area contributed by atoms with Gasteiger partial charge in [-0.05, 0) is 31.0 Å². The number of fused-ring (bicyclic) bond motifs is 1. The van der Waals surface area contributed by atoms with Crippen LogP contribution in [0.2, 0.25) is 0 Å². The molecule has 0 aliphatic carbocycles. The fourth-order valence-electron chi connectivity index (χ4n) is 3.31. The third-order valence-electron chi connectivity index (χ3n) is 4.92. The maximum Gasteiger partial charge on any atom is 0.240 e. The topological polar surface area (TPSA) is 94.6 Å². The molecule has 0 bridgehead atoms.